The Labute approximate surface area is 114 Å². The molecule has 4 heteroatoms. The van der Waals surface area contributed by atoms with E-state index in [1.54, 1.807) is 12.4 Å². The van der Waals surface area contributed by atoms with Crippen molar-refractivity contribution in [2.24, 2.45) is 5.73 Å². The van der Waals surface area contributed by atoms with Crippen LogP contribution in [0.15, 0.2) is 47.2 Å². The molecule has 17 heavy (non-hydrogen) atoms. The van der Waals surface area contributed by atoms with Gasteiger partial charge in [0.05, 0.1) is 5.02 Å². The van der Waals surface area contributed by atoms with Crippen molar-refractivity contribution in [2.45, 2.75) is 12.5 Å². The monoisotopic (exact) mass is 310 g/mol. The summed E-state index contributed by atoms with van der Waals surface area (Å²) in [7, 11) is 0. The summed E-state index contributed by atoms with van der Waals surface area (Å²) in [6, 6.07) is 9.87. The molecule has 0 spiro atoms. The van der Waals surface area contributed by atoms with E-state index in [0.717, 1.165) is 16.5 Å². The lowest BCUT2D eigenvalue weighted by Crippen LogP contribution is -2.14. The van der Waals surface area contributed by atoms with E-state index in [-0.39, 0.29) is 6.04 Å². The van der Waals surface area contributed by atoms with Crippen LogP contribution in [0, 0.1) is 0 Å². The molecule has 2 aromatic rings. The van der Waals surface area contributed by atoms with E-state index in [1.807, 2.05) is 18.2 Å². The second-order valence-corrected chi connectivity index (χ2v) is 5.16. The maximum absolute atomic E-state index is 6.15. The van der Waals surface area contributed by atoms with Crippen molar-refractivity contribution in [1.29, 1.82) is 0 Å². The zero-order chi connectivity index (χ0) is 12.3. The number of benzene rings is 1. The van der Waals surface area contributed by atoms with Crippen molar-refractivity contribution in [1.82, 2.24) is 4.98 Å². The fraction of sp³-hybridized carbons (Fsp3) is 0.154. The van der Waals surface area contributed by atoms with Crippen LogP contribution in [0.1, 0.15) is 17.2 Å². The van der Waals surface area contributed by atoms with Crippen molar-refractivity contribution in [2.75, 3.05) is 0 Å². The van der Waals surface area contributed by atoms with E-state index in [0.29, 0.717) is 5.02 Å². The number of nitrogens with zero attached hydrogens (tertiary/aromatic N) is 1. The van der Waals surface area contributed by atoms with Gasteiger partial charge in [-0.3, -0.25) is 4.98 Å². The summed E-state index contributed by atoms with van der Waals surface area (Å²) in [5, 5.41) is 0.620. The SMILES string of the molecule is NC(Cc1cccc(Br)c1)c1ccncc1Cl. The lowest BCUT2D eigenvalue weighted by molar-refractivity contribution is 0.720. The highest BCUT2D eigenvalue weighted by atomic mass is 79.9. The van der Waals surface area contributed by atoms with Crippen LogP contribution in [-0.4, -0.2) is 4.98 Å². The number of halogens is 2. The van der Waals surface area contributed by atoms with Crippen molar-refractivity contribution in [3.05, 3.63) is 63.3 Å². The Morgan fingerprint density at radius 1 is 1.35 bits per heavy atom. The highest BCUT2D eigenvalue weighted by Crippen LogP contribution is 2.23. The van der Waals surface area contributed by atoms with E-state index in [1.165, 1.54) is 5.56 Å². The van der Waals surface area contributed by atoms with Crippen LogP contribution in [0.3, 0.4) is 0 Å². The van der Waals surface area contributed by atoms with Gasteiger partial charge in [0.1, 0.15) is 0 Å². The van der Waals surface area contributed by atoms with Gasteiger partial charge in [0.25, 0.3) is 0 Å². The van der Waals surface area contributed by atoms with E-state index >= 15 is 0 Å². The van der Waals surface area contributed by atoms with Gasteiger partial charge in [0.2, 0.25) is 0 Å². The molecule has 1 heterocycles. The van der Waals surface area contributed by atoms with Gasteiger partial charge in [-0.1, -0.05) is 39.7 Å². The molecule has 0 aliphatic rings. The summed E-state index contributed by atoms with van der Waals surface area (Å²) in [6.45, 7) is 0. The van der Waals surface area contributed by atoms with Gasteiger partial charge in [-0.25, -0.2) is 0 Å². The maximum Gasteiger partial charge on any atom is 0.0637 e. The first-order valence-electron chi connectivity index (χ1n) is 5.26. The van der Waals surface area contributed by atoms with E-state index < -0.39 is 0 Å². The standard InChI is InChI=1S/C13H12BrClN2/c14-10-3-1-2-9(6-10)7-13(16)11-4-5-17-8-12(11)15/h1-6,8,13H,7,16H2. The quantitative estimate of drug-likeness (QED) is 0.938. The second kappa shape index (κ2) is 5.63. The number of hydrogen-bond acceptors (Lipinski definition) is 2. The summed E-state index contributed by atoms with van der Waals surface area (Å²) in [5.41, 5.74) is 8.26. The molecule has 2 rings (SSSR count). The molecule has 0 saturated carbocycles. The van der Waals surface area contributed by atoms with Gasteiger partial charge in [-0.2, -0.15) is 0 Å². The highest BCUT2D eigenvalue weighted by Gasteiger charge is 2.10. The molecule has 1 aromatic carbocycles. The Hall–Kier alpha value is -0.900. The number of rotatable bonds is 3. The number of hydrogen-bond donors (Lipinski definition) is 1. The summed E-state index contributed by atoms with van der Waals surface area (Å²) < 4.78 is 1.06. The number of aromatic nitrogens is 1. The first-order valence-corrected chi connectivity index (χ1v) is 6.43. The minimum atomic E-state index is -0.111. The lowest BCUT2D eigenvalue weighted by Gasteiger charge is -2.13. The fourth-order valence-electron chi connectivity index (χ4n) is 1.71. The average Bonchev–Trinajstić information content (AvgIpc) is 2.29. The van der Waals surface area contributed by atoms with Crippen molar-refractivity contribution in [3.63, 3.8) is 0 Å². The third kappa shape index (κ3) is 3.28. The maximum atomic E-state index is 6.15. The largest absolute Gasteiger partial charge is 0.324 e. The van der Waals surface area contributed by atoms with Crippen LogP contribution in [-0.2, 0) is 6.42 Å². The first kappa shape index (κ1) is 12.6. The summed E-state index contributed by atoms with van der Waals surface area (Å²) in [6.07, 6.45) is 4.09. The average molecular weight is 312 g/mol. The fourth-order valence-corrected chi connectivity index (χ4v) is 2.42. The van der Waals surface area contributed by atoms with Gasteiger partial charge in [0, 0.05) is 22.9 Å². The predicted molar refractivity (Wildman–Crippen MR) is 74.0 cm³/mol. The molecule has 0 amide bonds. The van der Waals surface area contributed by atoms with Gasteiger partial charge in [0.15, 0.2) is 0 Å². The zero-order valence-electron chi connectivity index (χ0n) is 9.11. The molecule has 1 atom stereocenters. The Morgan fingerprint density at radius 3 is 2.88 bits per heavy atom. The van der Waals surface area contributed by atoms with E-state index in [9.17, 15) is 0 Å². The van der Waals surface area contributed by atoms with Crippen LogP contribution in [0.4, 0.5) is 0 Å². The molecule has 0 bridgehead atoms. The minimum absolute atomic E-state index is 0.111. The molecule has 1 aromatic heterocycles. The van der Waals surface area contributed by atoms with Crippen LogP contribution in [0.2, 0.25) is 5.02 Å². The normalized spacial score (nSPS) is 12.4. The molecular formula is C13H12BrClN2. The van der Waals surface area contributed by atoms with Gasteiger partial charge in [-0.15, -0.1) is 0 Å². The molecule has 88 valence electrons. The third-order valence-electron chi connectivity index (χ3n) is 2.55. The molecule has 2 nitrogen and oxygen atoms in total. The van der Waals surface area contributed by atoms with E-state index in [2.05, 4.69) is 33.0 Å². The summed E-state index contributed by atoms with van der Waals surface area (Å²) in [4.78, 5) is 3.95. The van der Waals surface area contributed by atoms with Crippen LogP contribution in [0.25, 0.3) is 0 Å². The van der Waals surface area contributed by atoms with Crippen molar-refractivity contribution in [3.8, 4) is 0 Å². The third-order valence-corrected chi connectivity index (χ3v) is 3.36. The molecule has 0 fully saturated rings. The van der Waals surface area contributed by atoms with Crippen LogP contribution in [0.5, 0.6) is 0 Å². The van der Waals surface area contributed by atoms with Crippen LogP contribution < -0.4 is 5.73 Å². The number of pyridine rings is 1. The first-order chi connectivity index (χ1) is 8.16. The summed E-state index contributed by atoms with van der Waals surface area (Å²) >= 11 is 9.51. The van der Waals surface area contributed by atoms with Gasteiger partial charge < -0.3 is 5.73 Å². The molecule has 0 aliphatic carbocycles. The molecule has 2 N–H and O–H groups in total. The van der Waals surface area contributed by atoms with Gasteiger partial charge >= 0.3 is 0 Å². The predicted octanol–water partition coefficient (Wildman–Crippen LogP) is 3.74. The topological polar surface area (TPSA) is 38.9 Å². The Balaban J connectivity index is 2.17. The molecular weight excluding hydrogens is 300 g/mol. The molecule has 1 unspecified atom stereocenters. The van der Waals surface area contributed by atoms with Crippen LogP contribution >= 0.6 is 27.5 Å². The smallest absolute Gasteiger partial charge is 0.0637 e. The molecule has 0 aliphatic heterocycles. The number of nitrogens with two attached hydrogens (primary N) is 1. The Morgan fingerprint density at radius 2 is 2.18 bits per heavy atom. The molecule has 0 radical (unpaired) electrons. The zero-order valence-corrected chi connectivity index (χ0v) is 11.4. The van der Waals surface area contributed by atoms with Crippen molar-refractivity contribution >= 4 is 27.5 Å². The summed E-state index contributed by atoms with van der Waals surface area (Å²) in [5.74, 6) is 0. The molecule has 0 saturated heterocycles. The second-order valence-electron chi connectivity index (χ2n) is 3.84. The highest BCUT2D eigenvalue weighted by molar-refractivity contribution is 9.10. The van der Waals surface area contributed by atoms with E-state index in [4.69, 9.17) is 17.3 Å². The Bertz CT molecular complexity index is 516. The van der Waals surface area contributed by atoms with Crippen molar-refractivity contribution < 1.29 is 0 Å². The minimum Gasteiger partial charge on any atom is -0.324 e. The van der Waals surface area contributed by atoms with Gasteiger partial charge in [-0.05, 0) is 35.7 Å². The lowest BCUT2D eigenvalue weighted by atomic mass is 10.0. The Kier molecular flexibility index (Phi) is 4.15.